The number of rotatable bonds is 7. The van der Waals surface area contributed by atoms with Crippen LogP contribution >= 0.6 is 11.6 Å². The largest absolute Gasteiger partial charge is 0.489 e. The third kappa shape index (κ3) is 4.68. The predicted octanol–water partition coefficient (Wildman–Crippen LogP) is 5.05. The SMILES string of the molecule is CC(C#N)CCc1nc2ccc(-n3ccc(OCc4ccc(Cl)cc4)cc3=O)cc2n1C. The first-order chi connectivity index (χ1) is 15.4. The molecule has 0 bridgehead atoms. The molecule has 0 spiro atoms. The minimum atomic E-state index is -0.178. The molecule has 0 N–H and O–H groups in total. The maximum atomic E-state index is 12.7. The molecule has 0 fully saturated rings. The fraction of sp³-hybridized carbons (Fsp3) is 0.240. The van der Waals surface area contributed by atoms with Gasteiger partial charge in [-0.25, -0.2) is 4.98 Å². The first-order valence-corrected chi connectivity index (χ1v) is 10.8. The molecule has 32 heavy (non-hydrogen) atoms. The van der Waals surface area contributed by atoms with Gasteiger partial charge in [0.2, 0.25) is 0 Å². The average Bonchev–Trinajstić information content (AvgIpc) is 3.12. The maximum absolute atomic E-state index is 12.7. The molecule has 0 saturated heterocycles. The minimum absolute atomic E-state index is 0.00984. The summed E-state index contributed by atoms with van der Waals surface area (Å²) < 4.78 is 9.37. The standard InChI is InChI=1S/C25H23ClN4O2/c1-17(15-27)3-10-24-28-22-9-8-20(13-23(22)29(24)2)30-12-11-21(14-25(30)31)32-16-18-4-6-19(26)7-5-18/h4-9,11-14,17H,3,10,16H2,1-2H3. The molecule has 2 aromatic heterocycles. The number of ether oxygens (including phenoxy) is 1. The minimum Gasteiger partial charge on any atom is -0.489 e. The number of imidazole rings is 1. The van der Waals surface area contributed by atoms with Crippen LogP contribution in [0, 0.1) is 17.2 Å². The number of hydrogen-bond donors (Lipinski definition) is 0. The van der Waals surface area contributed by atoms with E-state index in [0.717, 1.165) is 41.0 Å². The molecule has 1 unspecified atom stereocenters. The van der Waals surface area contributed by atoms with Crippen molar-refractivity contribution < 1.29 is 4.74 Å². The number of pyridine rings is 1. The second-order valence-electron chi connectivity index (χ2n) is 7.81. The highest BCUT2D eigenvalue weighted by molar-refractivity contribution is 6.30. The fourth-order valence-corrected chi connectivity index (χ4v) is 3.65. The highest BCUT2D eigenvalue weighted by Gasteiger charge is 2.11. The lowest BCUT2D eigenvalue weighted by Gasteiger charge is -2.10. The molecule has 0 aliphatic heterocycles. The molecular weight excluding hydrogens is 424 g/mol. The van der Waals surface area contributed by atoms with Crippen LogP contribution in [0.25, 0.3) is 16.7 Å². The topological polar surface area (TPSA) is 72.8 Å². The molecule has 0 amide bonds. The quantitative estimate of drug-likeness (QED) is 0.398. The van der Waals surface area contributed by atoms with E-state index in [0.29, 0.717) is 17.4 Å². The number of halogens is 1. The lowest BCUT2D eigenvalue weighted by atomic mass is 10.1. The van der Waals surface area contributed by atoms with Gasteiger partial charge in [-0.05, 0) is 55.3 Å². The summed E-state index contributed by atoms with van der Waals surface area (Å²) in [5.41, 5.74) is 3.36. The van der Waals surface area contributed by atoms with Crippen LogP contribution in [0.1, 0.15) is 24.7 Å². The third-order valence-corrected chi connectivity index (χ3v) is 5.72. The first-order valence-electron chi connectivity index (χ1n) is 10.4. The molecule has 0 aliphatic rings. The molecule has 162 valence electrons. The van der Waals surface area contributed by atoms with Gasteiger partial charge in [-0.1, -0.05) is 23.7 Å². The molecule has 0 saturated carbocycles. The Labute approximate surface area is 191 Å². The van der Waals surface area contributed by atoms with Gasteiger partial charge in [0.05, 0.1) is 22.8 Å². The molecular formula is C25H23ClN4O2. The van der Waals surface area contributed by atoms with E-state index in [4.69, 9.17) is 21.6 Å². The summed E-state index contributed by atoms with van der Waals surface area (Å²) in [6, 6.07) is 18.7. The van der Waals surface area contributed by atoms with E-state index in [1.54, 1.807) is 16.8 Å². The Morgan fingerprint density at radius 2 is 1.94 bits per heavy atom. The zero-order valence-corrected chi connectivity index (χ0v) is 18.7. The van der Waals surface area contributed by atoms with Crippen LogP contribution in [-0.4, -0.2) is 14.1 Å². The van der Waals surface area contributed by atoms with Crippen LogP contribution in [0.3, 0.4) is 0 Å². The predicted molar refractivity (Wildman–Crippen MR) is 125 cm³/mol. The maximum Gasteiger partial charge on any atom is 0.258 e. The van der Waals surface area contributed by atoms with Crippen LogP contribution in [0.15, 0.2) is 65.6 Å². The highest BCUT2D eigenvalue weighted by atomic mass is 35.5. The van der Waals surface area contributed by atoms with Crippen molar-refractivity contribution in [1.29, 1.82) is 5.26 Å². The molecule has 4 rings (SSSR count). The van der Waals surface area contributed by atoms with E-state index in [1.807, 2.05) is 61.0 Å². The third-order valence-electron chi connectivity index (χ3n) is 5.47. The molecule has 4 aromatic rings. The molecule has 1 atom stereocenters. The smallest absolute Gasteiger partial charge is 0.258 e. The molecule has 0 aliphatic carbocycles. The van der Waals surface area contributed by atoms with Gasteiger partial charge in [-0.3, -0.25) is 9.36 Å². The molecule has 7 heteroatoms. The van der Waals surface area contributed by atoms with Gasteiger partial charge in [0.1, 0.15) is 18.2 Å². The Hall–Kier alpha value is -3.56. The van der Waals surface area contributed by atoms with Crippen molar-refractivity contribution in [2.45, 2.75) is 26.4 Å². The van der Waals surface area contributed by atoms with Gasteiger partial charge in [-0.15, -0.1) is 0 Å². The van der Waals surface area contributed by atoms with Crippen LogP contribution in [0.5, 0.6) is 5.75 Å². The van der Waals surface area contributed by atoms with Gasteiger partial charge in [0.15, 0.2) is 0 Å². The van der Waals surface area contributed by atoms with Crippen molar-refractivity contribution >= 4 is 22.6 Å². The number of fused-ring (bicyclic) bond motifs is 1. The molecule has 6 nitrogen and oxygen atoms in total. The lowest BCUT2D eigenvalue weighted by molar-refractivity contribution is 0.305. The Morgan fingerprint density at radius 3 is 2.66 bits per heavy atom. The summed E-state index contributed by atoms with van der Waals surface area (Å²) in [6.07, 6.45) is 3.21. The Balaban J connectivity index is 1.54. The number of hydrogen-bond acceptors (Lipinski definition) is 4. The number of aryl methyl sites for hydroxylation is 2. The fourth-order valence-electron chi connectivity index (χ4n) is 3.52. The zero-order valence-electron chi connectivity index (χ0n) is 18.0. The summed E-state index contributed by atoms with van der Waals surface area (Å²) in [5.74, 6) is 1.43. The van der Waals surface area contributed by atoms with Gasteiger partial charge >= 0.3 is 0 Å². The monoisotopic (exact) mass is 446 g/mol. The van der Waals surface area contributed by atoms with Crippen molar-refractivity contribution in [3.8, 4) is 17.5 Å². The van der Waals surface area contributed by atoms with Crippen LogP contribution in [0.2, 0.25) is 5.02 Å². The Morgan fingerprint density at radius 1 is 1.16 bits per heavy atom. The Kier molecular flexibility index (Phi) is 6.29. The van der Waals surface area contributed by atoms with Crippen molar-refractivity contribution in [2.75, 3.05) is 0 Å². The van der Waals surface area contributed by atoms with Crippen LogP contribution < -0.4 is 10.3 Å². The summed E-state index contributed by atoms with van der Waals surface area (Å²) in [7, 11) is 1.96. The second-order valence-corrected chi connectivity index (χ2v) is 8.25. The molecule has 2 heterocycles. The van der Waals surface area contributed by atoms with E-state index >= 15 is 0 Å². The van der Waals surface area contributed by atoms with Crippen LogP contribution in [0.4, 0.5) is 0 Å². The van der Waals surface area contributed by atoms with Crippen molar-refractivity contribution in [3.05, 3.63) is 87.6 Å². The summed E-state index contributed by atoms with van der Waals surface area (Å²) >= 11 is 5.90. The summed E-state index contributed by atoms with van der Waals surface area (Å²) in [4.78, 5) is 17.4. The van der Waals surface area contributed by atoms with Crippen molar-refractivity contribution in [2.24, 2.45) is 13.0 Å². The van der Waals surface area contributed by atoms with Crippen molar-refractivity contribution in [1.82, 2.24) is 14.1 Å². The zero-order chi connectivity index (χ0) is 22.7. The van der Waals surface area contributed by atoms with E-state index in [-0.39, 0.29) is 11.5 Å². The van der Waals surface area contributed by atoms with E-state index in [2.05, 4.69) is 11.1 Å². The number of nitrogens with zero attached hydrogens (tertiary/aromatic N) is 4. The summed E-state index contributed by atoms with van der Waals surface area (Å²) in [6.45, 7) is 2.27. The van der Waals surface area contributed by atoms with Crippen LogP contribution in [-0.2, 0) is 20.1 Å². The van der Waals surface area contributed by atoms with E-state index in [1.165, 1.54) is 6.07 Å². The molecule has 2 aromatic carbocycles. The van der Waals surface area contributed by atoms with Gasteiger partial charge in [0.25, 0.3) is 5.56 Å². The number of benzene rings is 2. The van der Waals surface area contributed by atoms with Crippen molar-refractivity contribution in [3.63, 3.8) is 0 Å². The highest BCUT2D eigenvalue weighted by Crippen LogP contribution is 2.21. The van der Waals surface area contributed by atoms with E-state index in [9.17, 15) is 4.79 Å². The lowest BCUT2D eigenvalue weighted by Crippen LogP contribution is -2.16. The van der Waals surface area contributed by atoms with E-state index < -0.39 is 0 Å². The molecule has 0 radical (unpaired) electrons. The summed E-state index contributed by atoms with van der Waals surface area (Å²) in [5, 5.41) is 9.68. The van der Waals surface area contributed by atoms with Gasteiger partial charge in [0, 0.05) is 36.7 Å². The number of nitriles is 1. The number of aromatic nitrogens is 3. The van der Waals surface area contributed by atoms with Gasteiger partial charge < -0.3 is 9.30 Å². The normalized spacial score (nSPS) is 11.9. The second kappa shape index (κ2) is 9.29. The van der Waals surface area contributed by atoms with Gasteiger partial charge in [-0.2, -0.15) is 5.26 Å². The first kappa shape index (κ1) is 21.7. The average molecular weight is 447 g/mol. The Bertz CT molecular complexity index is 1350.